The molecule has 2 atom stereocenters. The van der Waals surface area contributed by atoms with Crippen molar-refractivity contribution in [1.82, 2.24) is 10.2 Å². The zero-order valence-corrected chi connectivity index (χ0v) is 11.8. The normalized spacial score (nSPS) is 28.9. The van der Waals surface area contributed by atoms with E-state index in [1.807, 2.05) is 39.8 Å². The molecule has 18 heavy (non-hydrogen) atoms. The Balaban J connectivity index is 3.01. The Hall–Kier alpha value is -1.32. The monoisotopic (exact) mass is 252 g/mol. The van der Waals surface area contributed by atoms with Crippen LogP contribution in [0.3, 0.4) is 0 Å². The van der Waals surface area contributed by atoms with Gasteiger partial charge >= 0.3 is 0 Å². The first-order valence-corrected chi connectivity index (χ1v) is 6.74. The lowest BCUT2D eigenvalue weighted by molar-refractivity contribution is -0.156. The van der Waals surface area contributed by atoms with Gasteiger partial charge in [-0.1, -0.05) is 32.4 Å². The van der Waals surface area contributed by atoms with Crippen molar-refractivity contribution < 1.29 is 9.59 Å². The van der Waals surface area contributed by atoms with E-state index in [1.54, 1.807) is 4.90 Å². The van der Waals surface area contributed by atoms with E-state index < -0.39 is 5.54 Å². The van der Waals surface area contributed by atoms with E-state index in [-0.39, 0.29) is 17.9 Å². The number of carbonyl (C=O) groups excluding carboxylic acids is 2. The minimum Gasteiger partial charge on any atom is -0.342 e. The number of piperazine rings is 1. The summed E-state index contributed by atoms with van der Waals surface area (Å²) in [5.41, 5.74) is -0.721. The first kappa shape index (κ1) is 14.7. The van der Waals surface area contributed by atoms with Gasteiger partial charge in [-0.2, -0.15) is 0 Å². The maximum absolute atomic E-state index is 12.4. The number of carbonyl (C=O) groups is 2. The highest BCUT2D eigenvalue weighted by molar-refractivity contribution is 5.99. The predicted octanol–water partition coefficient (Wildman–Crippen LogP) is 1.86. The predicted molar refractivity (Wildman–Crippen MR) is 72.1 cm³/mol. The molecule has 0 bridgehead atoms. The molecule has 2 unspecified atom stereocenters. The van der Waals surface area contributed by atoms with Crippen molar-refractivity contribution in [3.05, 3.63) is 12.2 Å². The van der Waals surface area contributed by atoms with Crippen molar-refractivity contribution >= 4 is 11.8 Å². The Morgan fingerprint density at radius 2 is 2.06 bits per heavy atom. The molecule has 1 N–H and O–H groups in total. The Bertz CT molecular complexity index is 352. The fraction of sp³-hybridized carbons (Fsp3) is 0.714. The molecule has 1 saturated heterocycles. The summed E-state index contributed by atoms with van der Waals surface area (Å²) in [5.74, 6) is 0.00598. The van der Waals surface area contributed by atoms with E-state index in [9.17, 15) is 9.59 Å². The van der Waals surface area contributed by atoms with Crippen LogP contribution in [0.4, 0.5) is 0 Å². The number of nitrogens with one attached hydrogen (secondary N) is 1. The molecule has 1 fully saturated rings. The summed E-state index contributed by atoms with van der Waals surface area (Å²) in [5, 5.41) is 2.86. The topological polar surface area (TPSA) is 49.4 Å². The largest absolute Gasteiger partial charge is 0.342 e. The van der Waals surface area contributed by atoms with Gasteiger partial charge in [-0.05, 0) is 26.7 Å². The molecule has 1 aliphatic rings. The molecule has 0 aromatic carbocycles. The number of rotatable bonds is 5. The van der Waals surface area contributed by atoms with Crippen LogP contribution >= 0.6 is 0 Å². The quantitative estimate of drug-likeness (QED) is 0.759. The van der Waals surface area contributed by atoms with Crippen LogP contribution in [-0.4, -0.2) is 34.8 Å². The third-order valence-electron chi connectivity index (χ3n) is 3.74. The fourth-order valence-corrected chi connectivity index (χ4v) is 2.27. The zero-order chi connectivity index (χ0) is 13.8. The lowest BCUT2D eigenvalue weighted by atomic mass is 9.89. The Morgan fingerprint density at radius 1 is 1.39 bits per heavy atom. The van der Waals surface area contributed by atoms with E-state index in [2.05, 4.69) is 5.32 Å². The lowest BCUT2D eigenvalue weighted by Crippen LogP contribution is -2.69. The number of hydrogen-bond acceptors (Lipinski definition) is 2. The molecule has 1 heterocycles. The summed E-state index contributed by atoms with van der Waals surface area (Å²) in [6.45, 7) is 8.22. The summed E-state index contributed by atoms with van der Waals surface area (Å²) in [6, 6.07) is -0.354. The summed E-state index contributed by atoms with van der Waals surface area (Å²) < 4.78 is 0. The zero-order valence-electron chi connectivity index (χ0n) is 11.8. The molecule has 0 spiro atoms. The fourth-order valence-electron chi connectivity index (χ4n) is 2.27. The van der Waals surface area contributed by atoms with Crippen LogP contribution in [0.5, 0.6) is 0 Å². The smallest absolute Gasteiger partial charge is 0.246 e. The average molecular weight is 252 g/mol. The Kier molecular flexibility index (Phi) is 4.93. The first-order valence-electron chi connectivity index (χ1n) is 6.74. The second-order valence-corrected chi connectivity index (χ2v) is 4.96. The van der Waals surface area contributed by atoms with Crippen molar-refractivity contribution in [3.8, 4) is 0 Å². The minimum atomic E-state index is -0.721. The molecule has 102 valence electrons. The van der Waals surface area contributed by atoms with E-state index in [0.717, 1.165) is 6.42 Å². The minimum absolute atomic E-state index is 0.0347. The molecule has 0 saturated carbocycles. The van der Waals surface area contributed by atoms with Crippen LogP contribution in [0.2, 0.25) is 0 Å². The van der Waals surface area contributed by atoms with Crippen LogP contribution in [0.1, 0.15) is 47.0 Å². The number of hydrogen-bond donors (Lipinski definition) is 1. The molecule has 0 aliphatic carbocycles. The molecule has 0 radical (unpaired) electrons. The number of allylic oxidation sites excluding steroid dienone is 1. The van der Waals surface area contributed by atoms with Crippen LogP contribution < -0.4 is 5.32 Å². The van der Waals surface area contributed by atoms with Gasteiger partial charge in [-0.15, -0.1) is 0 Å². The molecule has 4 nitrogen and oxygen atoms in total. The average Bonchev–Trinajstić information content (AvgIpc) is 2.36. The van der Waals surface area contributed by atoms with Gasteiger partial charge in [-0.3, -0.25) is 9.59 Å². The second kappa shape index (κ2) is 6.03. The maximum atomic E-state index is 12.4. The highest BCUT2D eigenvalue weighted by Crippen LogP contribution is 2.26. The van der Waals surface area contributed by atoms with E-state index >= 15 is 0 Å². The van der Waals surface area contributed by atoms with Crippen molar-refractivity contribution in [3.63, 3.8) is 0 Å². The number of amides is 2. The van der Waals surface area contributed by atoms with Gasteiger partial charge in [0.05, 0.1) is 0 Å². The summed E-state index contributed by atoms with van der Waals surface area (Å²) in [6.07, 6.45) is 6.05. The third-order valence-corrected chi connectivity index (χ3v) is 3.74. The summed E-state index contributed by atoms with van der Waals surface area (Å²) in [7, 11) is 0. The molecule has 0 aromatic heterocycles. The maximum Gasteiger partial charge on any atom is 0.246 e. The van der Waals surface area contributed by atoms with Gasteiger partial charge in [0.1, 0.15) is 11.6 Å². The van der Waals surface area contributed by atoms with Crippen LogP contribution in [0.25, 0.3) is 0 Å². The van der Waals surface area contributed by atoms with Crippen molar-refractivity contribution in [1.29, 1.82) is 0 Å². The van der Waals surface area contributed by atoms with Crippen molar-refractivity contribution in [2.45, 2.75) is 58.5 Å². The van der Waals surface area contributed by atoms with Crippen LogP contribution in [-0.2, 0) is 9.59 Å². The lowest BCUT2D eigenvalue weighted by Gasteiger charge is -2.45. The van der Waals surface area contributed by atoms with E-state index in [0.29, 0.717) is 19.4 Å². The SMILES string of the molecule is C/C=C/CN1C(=O)C(CCC)NC(=O)C1(C)CC. The first-order chi connectivity index (χ1) is 8.51. The van der Waals surface area contributed by atoms with Crippen LogP contribution in [0, 0.1) is 0 Å². The van der Waals surface area contributed by atoms with Gasteiger partial charge in [0.25, 0.3) is 0 Å². The van der Waals surface area contributed by atoms with Gasteiger partial charge < -0.3 is 10.2 Å². The summed E-state index contributed by atoms with van der Waals surface area (Å²) in [4.78, 5) is 26.4. The van der Waals surface area contributed by atoms with Crippen molar-refractivity contribution in [2.24, 2.45) is 0 Å². The van der Waals surface area contributed by atoms with Crippen LogP contribution in [0.15, 0.2) is 12.2 Å². The molecule has 1 aliphatic heterocycles. The molecule has 0 aromatic rings. The third kappa shape index (κ3) is 2.57. The van der Waals surface area contributed by atoms with E-state index in [1.165, 1.54) is 0 Å². The highest BCUT2D eigenvalue weighted by Gasteiger charge is 2.47. The molecule has 1 rings (SSSR count). The summed E-state index contributed by atoms with van der Waals surface area (Å²) >= 11 is 0. The van der Waals surface area contributed by atoms with E-state index in [4.69, 9.17) is 0 Å². The number of nitrogens with zero attached hydrogens (tertiary/aromatic N) is 1. The standard InChI is InChI=1S/C14H24N2O2/c1-5-8-10-16-12(17)11(9-6-2)15-13(18)14(16,4)7-3/h5,8,11H,6-7,9-10H2,1-4H3,(H,15,18)/b8-5+. The molecule has 2 amide bonds. The Labute approximate surface area is 109 Å². The highest BCUT2D eigenvalue weighted by atomic mass is 16.2. The van der Waals surface area contributed by atoms with Gasteiger partial charge in [0, 0.05) is 6.54 Å². The molecular weight excluding hydrogens is 228 g/mol. The van der Waals surface area contributed by atoms with Gasteiger partial charge in [0.15, 0.2) is 0 Å². The van der Waals surface area contributed by atoms with Gasteiger partial charge in [-0.25, -0.2) is 0 Å². The molecular formula is C14H24N2O2. The molecule has 4 heteroatoms. The van der Waals surface area contributed by atoms with Crippen molar-refractivity contribution in [2.75, 3.05) is 6.54 Å². The second-order valence-electron chi connectivity index (χ2n) is 4.96. The van der Waals surface area contributed by atoms with Gasteiger partial charge in [0.2, 0.25) is 11.8 Å². The Morgan fingerprint density at radius 3 is 2.56 bits per heavy atom.